The number of aliphatic carboxylic acids is 1. The second kappa shape index (κ2) is 50.9. The van der Waals surface area contributed by atoms with Crippen LogP contribution in [-0.2, 0) is 42.9 Å². The summed E-state index contributed by atoms with van der Waals surface area (Å²) in [6.45, 7) is 5.47. The highest BCUT2D eigenvalue weighted by atomic mass is 16.7. The molecule has 6 atom stereocenters. The molecule has 1 fully saturated rings. The van der Waals surface area contributed by atoms with Crippen molar-refractivity contribution in [2.75, 3.05) is 13.2 Å². The molecule has 1 heterocycles. The van der Waals surface area contributed by atoms with Gasteiger partial charge in [0.1, 0.15) is 18.8 Å². The van der Waals surface area contributed by atoms with Crippen LogP contribution in [0.5, 0.6) is 0 Å². The van der Waals surface area contributed by atoms with Crippen molar-refractivity contribution in [3.8, 4) is 0 Å². The second-order valence-corrected chi connectivity index (χ2v) is 18.1. The molecule has 0 radical (unpaired) electrons. The summed E-state index contributed by atoms with van der Waals surface area (Å²) < 4.78 is 28.1. The monoisotopic (exact) mass is 1070 g/mol. The van der Waals surface area contributed by atoms with Gasteiger partial charge in [0.15, 0.2) is 24.6 Å². The molecule has 0 aromatic heterocycles. The van der Waals surface area contributed by atoms with Crippen LogP contribution in [0, 0.1) is 0 Å². The molecule has 6 unspecified atom stereocenters. The molecule has 12 heteroatoms. The summed E-state index contributed by atoms with van der Waals surface area (Å²) >= 11 is 0. The number of aliphatic hydroxyl groups is 2. The van der Waals surface area contributed by atoms with Gasteiger partial charge in [0.2, 0.25) is 0 Å². The van der Waals surface area contributed by atoms with Gasteiger partial charge in [-0.15, -0.1) is 0 Å². The lowest BCUT2D eigenvalue weighted by molar-refractivity contribution is -0.301. The van der Waals surface area contributed by atoms with E-state index in [4.69, 9.17) is 23.7 Å². The SMILES string of the molecule is CC/C=C\C/C=C\C/C=C\C/C=C\C/C=C\CCCCCC(=O)OCC(COC1OC(C(=O)O)C(O)C(O)C1OC(=O)C/C=C\C/C=C\C/C=C\C/C=C\C/C=C\CC)OC(=O)CC/C=C\C/C=C\C/C=C\C/C=C\CC. The molecule has 0 aromatic rings. The average molecular weight is 1070 g/mol. The van der Waals surface area contributed by atoms with Gasteiger partial charge in [-0.3, -0.25) is 14.4 Å². The van der Waals surface area contributed by atoms with Crippen LogP contribution in [0.15, 0.2) is 170 Å². The van der Waals surface area contributed by atoms with E-state index >= 15 is 0 Å². The Hall–Kier alpha value is -5.92. The van der Waals surface area contributed by atoms with E-state index in [2.05, 4.69) is 148 Å². The second-order valence-electron chi connectivity index (χ2n) is 18.1. The lowest BCUT2D eigenvalue weighted by Gasteiger charge is -2.40. The molecule has 1 aliphatic heterocycles. The van der Waals surface area contributed by atoms with Crippen molar-refractivity contribution in [1.82, 2.24) is 0 Å². The van der Waals surface area contributed by atoms with Gasteiger partial charge in [-0.25, -0.2) is 4.79 Å². The first-order valence-corrected chi connectivity index (χ1v) is 28.1. The lowest BCUT2D eigenvalue weighted by atomic mass is 9.98. The molecule has 0 aromatic carbocycles. The van der Waals surface area contributed by atoms with Crippen molar-refractivity contribution >= 4 is 23.9 Å². The van der Waals surface area contributed by atoms with E-state index in [1.165, 1.54) is 0 Å². The summed E-state index contributed by atoms with van der Waals surface area (Å²) in [6.07, 6.45) is 63.7. The Balaban J connectivity index is 2.82. The molecule has 0 saturated carbocycles. The highest BCUT2D eigenvalue weighted by Crippen LogP contribution is 2.26. The molecule has 0 bridgehead atoms. The third kappa shape index (κ3) is 40.9. The zero-order valence-electron chi connectivity index (χ0n) is 46.6. The van der Waals surface area contributed by atoms with E-state index in [1.807, 2.05) is 30.4 Å². The van der Waals surface area contributed by atoms with Crippen LogP contribution in [-0.4, -0.2) is 89.2 Å². The number of carboxylic acid groups (broad SMARTS) is 1. The number of esters is 3. The number of ether oxygens (including phenoxy) is 5. The first-order valence-electron chi connectivity index (χ1n) is 28.1. The number of hydrogen-bond acceptors (Lipinski definition) is 11. The van der Waals surface area contributed by atoms with Gasteiger partial charge in [-0.1, -0.05) is 197 Å². The molecular weight excluding hydrogens is 973 g/mol. The Morgan fingerprint density at radius 3 is 1.27 bits per heavy atom. The third-order valence-corrected chi connectivity index (χ3v) is 11.3. The maximum Gasteiger partial charge on any atom is 0.335 e. The molecular formula is C65H94O12. The quantitative estimate of drug-likeness (QED) is 0.0228. The minimum atomic E-state index is -1.96. The Morgan fingerprint density at radius 2 is 0.844 bits per heavy atom. The van der Waals surface area contributed by atoms with Crippen molar-refractivity contribution in [1.29, 1.82) is 0 Å². The van der Waals surface area contributed by atoms with E-state index in [-0.39, 0.29) is 25.9 Å². The van der Waals surface area contributed by atoms with Crippen LogP contribution < -0.4 is 0 Å². The third-order valence-electron chi connectivity index (χ3n) is 11.3. The minimum absolute atomic E-state index is 0.0124. The van der Waals surface area contributed by atoms with E-state index in [0.717, 1.165) is 96.3 Å². The van der Waals surface area contributed by atoms with E-state index in [0.29, 0.717) is 25.7 Å². The Labute approximate surface area is 462 Å². The maximum absolute atomic E-state index is 13.1. The van der Waals surface area contributed by atoms with Crippen molar-refractivity contribution in [3.63, 3.8) is 0 Å². The summed E-state index contributed by atoms with van der Waals surface area (Å²) in [4.78, 5) is 50.9. The molecule has 77 heavy (non-hydrogen) atoms. The summed E-state index contributed by atoms with van der Waals surface area (Å²) in [5.41, 5.74) is 0. The fourth-order valence-electron chi connectivity index (χ4n) is 7.13. The topological polar surface area (TPSA) is 175 Å². The minimum Gasteiger partial charge on any atom is -0.479 e. The number of carbonyl (C=O) groups is 4. The zero-order chi connectivity index (χ0) is 56.1. The number of rotatable bonds is 44. The van der Waals surface area contributed by atoms with Gasteiger partial charge in [0.25, 0.3) is 0 Å². The van der Waals surface area contributed by atoms with E-state index in [9.17, 15) is 34.5 Å². The Morgan fingerprint density at radius 1 is 0.442 bits per heavy atom. The Bertz CT molecular complexity index is 1990. The maximum atomic E-state index is 13.1. The molecule has 0 amide bonds. The smallest absolute Gasteiger partial charge is 0.335 e. The van der Waals surface area contributed by atoms with Crippen molar-refractivity contribution in [3.05, 3.63) is 170 Å². The first-order chi connectivity index (χ1) is 37.6. The number of allylic oxidation sites excluding steroid dienone is 27. The van der Waals surface area contributed by atoms with Gasteiger partial charge in [0.05, 0.1) is 13.0 Å². The predicted molar refractivity (Wildman–Crippen MR) is 312 cm³/mol. The predicted octanol–water partition coefficient (Wildman–Crippen LogP) is 14.3. The highest BCUT2D eigenvalue weighted by molar-refractivity contribution is 5.74. The molecule has 426 valence electrons. The van der Waals surface area contributed by atoms with Gasteiger partial charge >= 0.3 is 23.9 Å². The summed E-state index contributed by atoms with van der Waals surface area (Å²) in [6, 6.07) is 0. The largest absolute Gasteiger partial charge is 0.479 e. The molecule has 1 saturated heterocycles. The summed E-state index contributed by atoms with van der Waals surface area (Å²) in [5, 5.41) is 31.4. The average Bonchev–Trinajstić information content (AvgIpc) is 3.42. The van der Waals surface area contributed by atoms with Gasteiger partial charge in [-0.05, 0) is 116 Å². The van der Waals surface area contributed by atoms with Crippen LogP contribution in [0.1, 0.15) is 162 Å². The molecule has 0 spiro atoms. The number of unbranched alkanes of at least 4 members (excludes halogenated alkanes) is 3. The van der Waals surface area contributed by atoms with Gasteiger partial charge < -0.3 is 39.0 Å². The summed E-state index contributed by atoms with van der Waals surface area (Å²) in [7, 11) is 0. The van der Waals surface area contributed by atoms with E-state index in [1.54, 1.807) is 12.2 Å². The van der Waals surface area contributed by atoms with Crippen LogP contribution in [0.3, 0.4) is 0 Å². The van der Waals surface area contributed by atoms with Crippen molar-refractivity contribution in [2.24, 2.45) is 0 Å². The fraction of sp³-hybridized carbons (Fsp3) is 0.508. The highest BCUT2D eigenvalue weighted by Gasteiger charge is 2.50. The van der Waals surface area contributed by atoms with Crippen molar-refractivity contribution in [2.45, 2.75) is 199 Å². The number of carboxylic acids is 1. The molecule has 0 aliphatic carbocycles. The normalized spacial score (nSPS) is 19.3. The number of aliphatic hydroxyl groups excluding tert-OH is 2. The fourth-order valence-corrected chi connectivity index (χ4v) is 7.13. The summed E-state index contributed by atoms with van der Waals surface area (Å²) in [5.74, 6) is -3.48. The molecule has 12 nitrogen and oxygen atoms in total. The number of hydrogen-bond donors (Lipinski definition) is 3. The van der Waals surface area contributed by atoms with Gasteiger partial charge in [-0.2, -0.15) is 0 Å². The van der Waals surface area contributed by atoms with Gasteiger partial charge in [0, 0.05) is 12.8 Å². The molecule has 1 rings (SSSR count). The molecule has 3 N–H and O–H groups in total. The molecule has 1 aliphatic rings. The van der Waals surface area contributed by atoms with Crippen LogP contribution in [0.2, 0.25) is 0 Å². The van der Waals surface area contributed by atoms with E-state index < -0.39 is 67.3 Å². The van der Waals surface area contributed by atoms with Crippen LogP contribution in [0.4, 0.5) is 0 Å². The standard InChI is InChI=1S/C65H94O12/c1-4-7-10-13-16-19-22-25-27-28-29-30-32-34-36-39-42-45-48-51-57(66)73-54-56(75-58(67)52-49-46-43-40-37-33-24-21-18-15-12-9-6-3)55-74-65-63(61(70)60(69)62(77-65)64(71)72)76-59(68)53-50-47-44-41-38-35-31-26-23-20-17-14-11-8-5-2/h7-12,16-21,25-27,29-31,33-34,36-38,41,43,46-47,50,56,60-63,65,69-70H,4-6,13-15,22-24,28,32,35,39-40,42,44-45,48-49,51-55H2,1-3H3,(H,71,72)/b10-7-,11-8-,12-9-,19-16-,20-17-,21-18-,27-25-,30-29-,31-26-,36-34-,37-33-,41-38-,46-43-,50-47-. The van der Waals surface area contributed by atoms with Crippen molar-refractivity contribution < 1.29 is 58.2 Å². The first kappa shape index (κ1) is 69.1. The zero-order valence-corrected chi connectivity index (χ0v) is 46.6. The van der Waals surface area contributed by atoms with Crippen LogP contribution >= 0.6 is 0 Å². The Kier molecular flexibility index (Phi) is 45.6. The van der Waals surface area contributed by atoms with Crippen LogP contribution in [0.25, 0.3) is 0 Å². The number of carbonyl (C=O) groups excluding carboxylic acids is 3. The lowest BCUT2D eigenvalue weighted by Crippen LogP contribution is -2.61.